The first-order chi connectivity index (χ1) is 8.08. The molecule has 3 nitrogen and oxygen atoms in total. The normalized spacial score (nSPS) is 10.4. The zero-order valence-electron chi connectivity index (χ0n) is 10.5. The van der Waals surface area contributed by atoms with Gasteiger partial charge in [-0.2, -0.15) is 12.6 Å². The van der Waals surface area contributed by atoms with Crippen molar-refractivity contribution >= 4 is 24.2 Å². The average Bonchev–Trinajstić information content (AvgIpc) is 2.29. The van der Waals surface area contributed by atoms with Crippen LogP contribution in [0.25, 0.3) is 0 Å². The Bertz CT molecular complexity index is 391. The molecular weight excluding hydrogens is 234 g/mol. The molecule has 0 radical (unpaired) electrons. The van der Waals surface area contributed by atoms with Gasteiger partial charge in [-0.15, -0.1) is 0 Å². The highest BCUT2D eigenvalue weighted by Gasteiger charge is 2.09. The van der Waals surface area contributed by atoms with Crippen molar-refractivity contribution in [2.75, 3.05) is 18.2 Å². The minimum absolute atomic E-state index is 0.0457. The van der Waals surface area contributed by atoms with Gasteiger partial charge in [0.25, 0.3) is 0 Å². The fourth-order valence-corrected chi connectivity index (χ4v) is 1.69. The van der Waals surface area contributed by atoms with Gasteiger partial charge in [0, 0.05) is 6.42 Å². The molecule has 0 heterocycles. The first-order valence-corrected chi connectivity index (χ1v) is 6.30. The van der Waals surface area contributed by atoms with Gasteiger partial charge in [-0.1, -0.05) is 19.9 Å². The Balaban J connectivity index is 2.89. The minimum Gasteiger partial charge on any atom is -0.495 e. The van der Waals surface area contributed by atoms with Crippen molar-refractivity contribution in [3.8, 4) is 5.75 Å². The molecule has 0 atom stereocenters. The van der Waals surface area contributed by atoms with E-state index < -0.39 is 0 Å². The number of carbonyl (C=O) groups is 1. The van der Waals surface area contributed by atoms with Gasteiger partial charge < -0.3 is 10.1 Å². The Kier molecular flexibility index (Phi) is 5.35. The van der Waals surface area contributed by atoms with E-state index in [1.165, 1.54) is 5.56 Å². The quantitative estimate of drug-likeness (QED) is 0.791. The maximum absolute atomic E-state index is 11.5. The molecule has 0 saturated heterocycles. The molecule has 0 aromatic heterocycles. The fourth-order valence-electron chi connectivity index (χ4n) is 1.48. The number of methoxy groups -OCH3 is 1. The smallest absolute Gasteiger partial charge is 0.225 e. The monoisotopic (exact) mass is 253 g/mol. The topological polar surface area (TPSA) is 38.3 Å². The summed E-state index contributed by atoms with van der Waals surface area (Å²) in [7, 11) is 1.60. The molecule has 1 rings (SSSR count). The van der Waals surface area contributed by atoms with Gasteiger partial charge in [0.05, 0.1) is 12.8 Å². The molecule has 4 heteroatoms. The number of hydrogen-bond donors (Lipinski definition) is 2. The number of rotatable bonds is 5. The van der Waals surface area contributed by atoms with Crippen LogP contribution in [-0.2, 0) is 4.79 Å². The highest BCUT2D eigenvalue weighted by Crippen LogP contribution is 2.28. The molecule has 0 aliphatic rings. The van der Waals surface area contributed by atoms with Crippen LogP contribution >= 0.6 is 12.6 Å². The van der Waals surface area contributed by atoms with Crippen LogP contribution in [0.2, 0.25) is 0 Å². The van der Waals surface area contributed by atoms with Crippen molar-refractivity contribution in [1.82, 2.24) is 0 Å². The van der Waals surface area contributed by atoms with E-state index in [9.17, 15) is 4.79 Å². The number of amides is 1. The summed E-state index contributed by atoms with van der Waals surface area (Å²) in [6.07, 6.45) is 0.401. The SMILES string of the molecule is COc1cc(C(C)C)ccc1NC(=O)CCS. The summed E-state index contributed by atoms with van der Waals surface area (Å²) in [5, 5.41) is 2.82. The number of hydrogen-bond acceptors (Lipinski definition) is 3. The Hall–Kier alpha value is -1.16. The van der Waals surface area contributed by atoms with Gasteiger partial charge in [-0.05, 0) is 29.4 Å². The van der Waals surface area contributed by atoms with E-state index in [1.54, 1.807) is 7.11 Å². The van der Waals surface area contributed by atoms with E-state index in [0.717, 1.165) is 0 Å². The lowest BCUT2D eigenvalue weighted by molar-refractivity contribution is -0.115. The third-order valence-electron chi connectivity index (χ3n) is 2.51. The third-order valence-corrected chi connectivity index (χ3v) is 2.73. The largest absolute Gasteiger partial charge is 0.495 e. The van der Waals surface area contributed by atoms with Crippen LogP contribution in [-0.4, -0.2) is 18.8 Å². The summed E-state index contributed by atoms with van der Waals surface area (Å²) in [5.41, 5.74) is 1.90. The molecule has 0 saturated carbocycles. The first kappa shape index (κ1) is 13.9. The maximum Gasteiger partial charge on any atom is 0.225 e. The van der Waals surface area contributed by atoms with Crippen LogP contribution < -0.4 is 10.1 Å². The van der Waals surface area contributed by atoms with Crippen molar-refractivity contribution in [2.24, 2.45) is 0 Å². The van der Waals surface area contributed by atoms with E-state index >= 15 is 0 Å². The standard InChI is InChI=1S/C13H19NO2S/c1-9(2)10-4-5-11(12(8-10)16-3)14-13(15)6-7-17/h4-5,8-9,17H,6-7H2,1-3H3,(H,14,15). The van der Waals surface area contributed by atoms with E-state index in [2.05, 4.69) is 31.8 Å². The molecule has 1 aromatic carbocycles. The number of ether oxygens (including phenoxy) is 1. The van der Waals surface area contributed by atoms with Crippen LogP contribution in [0.5, 0.6) is 5.75 Å². The lowest BCUT2D eigenvalue weighted by Crippen LogP contribution is -2.12. The third kappa shape index (κ3) is 3.97. The summed E-state index contributed by atoms with van der Waals surface area (Å²) in [4.78, 5) is 11.5. The molecule has 0 fully saturated rings. The number of thiol groups is 1. The molecule has 0 aliphatic heterocycles. The average molecular weight is 253 g/mol. The van der Waals surface area contributed by atoms with E-state index in [4.69, 9.17) is 4.74 Å². The molecule has 0 unspecified atom stereocenters. The van der Waals surface area contributed by atoms with Gasteiger partial charge >= 0.3 is 0 Å². The molecule has 17 heavy (non-hydrogen) atoms. The van der Waals surface area contributed by atoms with Crippen LogP contribution in [0.15, 0.2) is 18.2 Å². The van der Waals surface area contributed by atoms with Crippen LogP contribution in [0.1, 0.15) is 31.7 Å². The summed E-state index contributed by atoms with van der Waals surface area (Å²) >= 11 is 4.03. The Morgan fingerprint density at radius 1 is 1.47 bits per heavy atom. The number of carbonyl (C=O) groups excluding carboxylic acids is 1. The first-order valence-electron chi connectivity index (χ1n) is 5.67. The van der Waals surface area contributed by atoms with Crippen LogP contribution in [0, 0.1) is 0 Å². The van der Waals surface area contributed by atoms with Gasteiger partial charge in [-0.25, -0.2) is 0 Å². The minimum atomic E-state index is -0.0457. The van der Waals surface area contributed by atoms with E-state index in [-0.39, 0.29) is 5.91 Å². The Morgan fingerprint density at radius 2 is 2.18 bits per heavy atom. The molecule has 1 aromatic rings. The highest BCUT2D eigenvalue weighted by molar-refractivity contribution is 7.80. The zero-order valence-corrected chi connectivity index (χ0v) is 11.4. The molecule has 0 bridgehead atoms. The predicted molar refractivity (Wildman–Crippen MR) is 74.2 cm³/mol. The molecule has 94 valence electrons. The number of nitrogens with one attached hydrogen (secondary N) is 1. The Morgan fingerprint density at radius 3 is 2.71 bits per heavy atom. The van der Waals surface area contributed by atoms with Crippen LogP contribution in [0.4, 0.5) is 5.69 Å². The van der Waals surface area contributed by atoms with Crippen molar-refractivity contribution in [1.29, 1.82) is 0 Å². The van der Waals surface area contributed by atoms with Gasteiger partial charge in [0.15, 0.2) is 0 Å². The highest BCUT2D eigenvalue weighted by atomic mass is 32.1. The fraction of sp³-hybridized carbons (Fsp3) is 0.462. The molecular formula is C13H19NO2S. The summed E-state index contributed by atoms with van der Waals surface area (Å²) in [6.45, 7) is 4.24. The second-order valence-electron chi connectivity index (χ2n) is 4.14. The molecule has 0 aliphatic carbocycles. The van der Waals surface area contributed by atoms with Crippen molar-refractivity contribution in [3.05, 3.63) is 23.8 Å². The van der Waals surface area contributed by atoms with Crippen LogP contribution in [0.3, 0.4) is 0 Å². The maximum atomic E-state index is 11.5. The molecule has 1 amide bonds. The van der Waals surface area contributed by atoms with Gasteiger partial charge in [-0.3, -0.25) is 4.79 Å². The van der Waals surface area contributed by atoms with Gasteiger partial charge in [0.1, 0.15) is 5.75 Å². The lowest BCUT2D eigenvalue weighted by atomic mass is 10.0. The summed E-state index contributed by atoms with van der Waals surface area (Å²) < 4.78 is 5.28. The van der Waals surface area contributed by atoms with E-state index in [0.29, 0.717) is 29.5 Å². The summed E-state index contributed by atoms with van der Waals surface area (Å²) in [5.74, 6) is 1.63. The number of anilines is 1. The molecule has 0 spiro atoms. The predicted octanol–water partition coefficient (Wildman–Crippen LogP) is 3.08. The summed E-state index contributed by atoms with van der Waals surface area (Å²) in [6, 6.07) is 5.84. The lowest BCUT2D eigenvalue weighted by Gasteiger charge is -2.13. The second kappa shape index (κ2) is 6.55. The van der Waals surface area contributed by atoms with Crippen molar-refractivity contribution in [3.63, 3.8) is 0 Å². The number of benzene rings is 1. The van der Waals surface area contributed by atoms with Crippen molar-refractivity contribution < 1.29 is 9.53 Å². The van der Waals surface area contributed by atoms with Gasteiger partial charge in [0.2, 0.25) is 5.91 Å². The van der Waals surface area contributed by atoms with E-state index in [1.807, 2.05) is 18.2 Å². The molecule has 1 N–H and O–H groups in total. The zero-order chi connectivity index (χ0) is 12.8. The second-order valence-corrected chi connectivity index (χ2v) is 4.58. The van der Waals surface area contributed by atoms with Crippen molar-refractivity contribution in [2.45, 2.75) is 26.2 Å². The Labute approximate surface area is 108 Å².